The van der Waals surface area contributed by atoms with E-state index in [0.29, 0.717) is 6.04 Å². The van der Waals surface area contributed by atoms with Gasteiger partial charge in [0.25, 0.3) is 0 Å². The second kappa shape index (κ2) is 4.24. The van der Waals surface area contributed by atoms with Crippen LogP contribution < -0.4 is 5.73 Å². The minimum atomic E-state index is 0.675. The summed E-state index contributed by atoms with van der Waals surface area (Å²) in [4.78, 5) is 2.55. The van der Waals surface area contributed by atoms with Gasteiger partial charge in [0.05, 0.1) is 0 Å². The van der Waals surface area contributed by atoms with Crippen molar-refractivity contribution in [2.45, 2.75) is 45.7 Å². The van der Waals surface area contributed by atoms with E-state index in [2.05, 4.69) is 25.7 Å². The van der Waals surface area contributed by atoms with Crippen molar-refractivity contribution in [3.8, 4) is 0 Å². The van der Waals surface area contributed by atoms with Crippen LogP contribution in [0, 0.1) is 5.92 Å². The highest BCUT2D eigenvalue weighted by Gasteiger charge is 2.32. The molecule has 1 saturated heterocycles. The van der Waals surface area contributed by atoms with Crippen molar-refractivity contribution >= 4 is 0 Å². The molecular formula is C10H22N2. The second-order valence-electron chi connectivity index (χ2n) is 4.04. The molecule has 0 bridgehead atoms. The molecule has 12 heavy (non-hydrogen) atoms. The third kappa shape index (κ3) is 1.80. The number of rotatable bonds is 4. The predicted molar refractivity (Wildman–Crippen MR) is 53.1 cm³/mol. The molecule has 2 nitrogen and oxygen atoms in total. The fraction of sp³-hybridized carbons (Fsp3) is 1.00. The summed E-state index contributed by atoms with van der Waals surface area (Å²) in [6, 6.07) is 1.39. The molecule has 0 aliphatic carbocycles. The first-order valence-corrected chi connectivity index (χ1v) is 5.16. The normalized spacial score (nSPS) is 29.5. The van der Waals surface area contributed by atoms with Gasteiger partial charge in [-0.05, 0) is 19.3 Å². The number of nitrogens with zero attached hydrogens (tertiary/aromatic N) is 1. The van der Waals surface area contributed by atoms with Crippen molar-refractivity contribution in [2.24, 2.45) is 11.7 Å². The SMILES string of the molecule is CCC(C)C(C)N1CCC1CN. The van der Waals surface area contributed by atoms with Gasteiger partial charge < -0.3 is 5.73 Å². The largest absolute Gasteiger partial charge is 0.329 e. The fourth-order valence-corrected chi connectivity index (χ4v) is 1.92. The van der Waals surface area contributed by atoms with Crippen LogP contribution >= 0.6 is 0 Å². The number of hydrogen-bond acceptors (Lipinski definition) is 2. The summed E-state index contributed by atoms with van der Waals surface area (Å²) in [6.45, 7) is 9.01. The number of nitrogens with two attached hydrogens (primary N) is 1. The van der Waals surface area contributed by atoms with Crippen LogP contribution in [-0.4, -0.2) is 30.1 Å². The highest BCUT2D eigenvalue weighted by atomic mass is 15.2. The molecule has 0 radical (unpaired) electrons. The molecule has 0 spiro atoms. The highest BCUT2D eigenvalue weighted by Crippen LogP contribution is 2.24. The Morgan fingerprint density at radius 2 is 2.17 bits per heavy atom. The molecule has 0 aromatic heterocycles. The van der Waals surface area contributed by atoms with Gasteiger partial charge in [-0.2, -0.15) is 0 Å². The molecular weight excluding hydrogens is 148 g/mol. The van der Waals surface area contributed by atoms with Crippen LogP contribution in [0.25, 0.3) is 0 Å². The van der Waals surface area contributed by atoms with Gasteiger partial charge in [-0.1, -0.05) is 20.3 Å². The molecule has 3 unspecified atom stereocenters. The lowest BCUT2D eigenvalue weighted by Gasteiger charge is -2.46. The molecule has 1 aliphatic rings. The molecule has 0 aromatic carbocycles. The van der Waals surface area contributed by atoms with Crippen LogP contribution in [-0.2, 0) is 0 Å². The van der Waals surface area contributed by atoms with E-state index in [1.165, 1.54) is 19.4 Å². The van der Waals surface area contributed by atoms with Gasteiger partial charge in [0, 0.05) is 25.2 Å². The van der Waals surface area contributed by atoms with E-state index in [0.717, 1.165) is 18.5 Å². The summed E-state index contributed by atoms with van der Waals surface area (Å²) < 4.78 is 0. The van der Waals surface area contributed by atoms with Crippen molar-refractivity contribution in [1.29, 1.82) is 0 Å². The Morgan fingerprint density at radius 1 is 1.50 bits per heavy atom. The van der Waals surface area contributed by atoms with E-state index in [9.17, 15) is 0 Å². The molecule has 3 atom stereocenters. The maximum atomic E-state index is 5.66. The first kappa shape index (κ1) is 10.0. The van der Waals surface area contributed by atoms with E-state index >= 15 is 0 Å². The Kier molecular flexibility index (Phi) is 3.53. The molecule has 1 aliphatic heterocycles. The summed E-state index contributed by atoms with van der Waals surface area (Å²) in [6.07, 6.45) is 2.58. The molecule has 1 heterocycles. The topological polar surface area (TPSA) is 29.3 Å². The summed E-state index contributed by atoms with van der Waals surface area (Å²) in [5.41, 5.74) is 5.66. The average molecular weight is 170 g/mol. The number of hydrogen-bond donors (Lipinski definition) is 1. The number of likely N-dealkylation sites (tertiary alicyclic amines) is 1. The van der Waals surface area contributed by atoms with Gasteiger partial charge in [0.15, 0.2) is 0 Å². The van der Waals surface area contributed by atoms with E-state index < -0.39 is 0 Å². The van der Waals surface area contributed by atoms with Crippen LogP contribution in [0.1, 0.15) is 33.6 Å². The van der Waals surface area contributed by atoms with Crippen molar-refractivity contribution in [3.63, 3.8) is 0 Å². The van der Waals surface area contributed by atoms with Crippen LogP contribution in [0.5, 0.6) is 0 Å². The Morgan fingerprint density at radius 3 is 2.50 bits per heavy atom. The molecule has 2 heteroatoms. The second-order valence-corrected chi connectivity index (χ2v) is 4.04. The van der Waals surface area contributed by atoms with Crippen LogP contribution in [0.2, 0.25) is 0 Å². The Labute approximate surface area is 76.1 Å². The van der Waals surface area contributed by atoms with E-state index in [1.807, 2.05) is 0 Å². The third-order valence-electron chi connectivity index (χ3n) is 3.45. The Balaban J connectivity index is 2.36. The summed E-state index contributed by atoms with van der Waals surface area (Å²) in [7, 11) is 0. The lowest BCUT2D eigenvalue weighted by Crippen LogP contribution is -2.57. The standard InChI is InChI=1S/C10H22N2/c1-4-8(2)9(3)12-6-5-10(12)7-11/h8-10H,4-7,11H2,1-3H3. The molecule has 0 saturated carbocycles. The molecule has 0 aromatic rings. The lowest BCUT2D eigenvalue weighted by molar-refractivity contribution is 0.0294. The summed E-state index contributed by atoms with van der Waals surface area (Å²) in [5, 5.41) is 0. The van der Waals surface area contributed by atoms with E-state index in [4.69, 9.17) is 5.73 Å². The molecule has 72 valence electrons. The Hall–Kier alpha value is -0.0800. The van der Waals surface area contributed by atoms with Crippen molar-refractivity contribution in [1.82, 2.24) is 4.90 Å². The van der Waals surface area contributed by atoms with E-state index in [-0.39, 0.29) is 0 Å². The van der Waals surface area contributed by atoms with Gasteiger partial charge in [-0.25, -0.2) is 0 Å². The van der Waals surface area contributed by atoms with Crippen molar-refractivity contribution in [3.05, 3.63) is 0 Å². The quantitative estimate of drug-likeness (QED) is 0.692. The van der Waals surface area contributed by atoms with E-state index in [1.54, 1.807) is 0 Å². The molecule has 1 rings (SSSR count). The minimum absolute atomic E-state index is 0.675. The van der Waals surface area contributed by atoms with Gasteiger partial charge >= 0.3 is 0 Å². The van der Waals surface area contributed by atoms with Gasteiger partial charge in [-0.3, -0.25) is 4.90 Å². The van der Waals surface area contributed by atoms with Gasteiger partial charge in [0.1, 0.15) is 0 Å². The van der Waals surface area contributed by atoms with Gasteiger partial charge in [-0.15, -0.1) is 0 Å². The minimum Gasteiger partial charge on any atom is -0.329 e. The van der Waals surface area contributed by atoms with Gasteiger partial charge in [0.2, 0.25) is 0 Å². The zero-order valence-corrected chi connectivity index (χ0v) is 8.59. The highest BCUT2D eigenvalue weighted by molar-refractivity contribution is 4.88. The van der Waals surface area contributed by atoms with Crippen molar-refractivity contribution in [2.75, 3.05) is 13.1 Å². The maximum absolute atomic E-state index is 5.66. The zero-order valence-electron chi connectivity index (χ0n) is 8.59. The fourth-order valence-electron chi connectivity index (χ4n) is 1.92. The first-order valence-electron chi connectivity index (χ1n) is 5.16. The summed E-state index contributed by atoms with van der Waals surface area (Å²) >= 11 is 0. The van der Waals surface area contributed by atoms with Crippen LogP contribution in [0.4, 0.5) is 0 Å². The molecule has 0 amide bonds. The zero-order chi connectivity index (χ0) is 9.14. The predicted octanol–water partition coefficient (Wildman–Crippen LogP) is 1.45. The van der Waals surface area contributed by atoms with Crippen LogP contribution in [0.15, 0.2) is 0 Å². The van der Waals surface area contributed by atoms with Crippen LogP contribution in [0.3, 0.4) is 0 Å². The maximum Gasteiger partial charge on any atom is 0.0233 e. The lowest BCUT2D eigenvalue weighted by atomic mass is 9.92. The van der Waals surface area contributed by atoms with Crippen molar-refractivity contribution < 1.29 is 0 Å². The smallest absolute Gasteiger partial charge is 0.0233 e. The molecule has 1 fully saturated rings. The summed E-state index contributed by atoms with van der Waals surface area (Å²) in [5.74, 6) is 0.805. The first-order chi connectivity index (χ1) is 5.70. The third-order valence-corrected chi connectivity index (χ3v) is 3.45. The monoisotopic (exact) mass is 170 g/mol. The molecule has 2 N–H and O–H groups in total. The Bertz CT molecular complexity index is 127. The average Bonchev–Trinajstić information content (AvgIpc) is 2.02.